The summed E-state index contributed by atoms with van der Waals surface area (Å²) >= 11 is 5.94. The van der Waals surface area contributed by atoms with Crippen molar-refractivity contribution in [3.8, 4) is 11.5 Å². The number of hydrogen-bond donors (Lipinski definition) is 1. The lowest BCUT2D eigenvalue weighted by Crippen LogP contribution is -2.17. The molecule has 0 fully saturated rings. The van der Waals surface area contributed by atoms with Crippen molar-refractivity contribution in [1.29, 1.82) is 0 Å². The Kier molecular flexibility index (Phi) is 10.1. The smallest absolute Gasteiger partial charge is 0.166 e. The second kappa shape index (κ2) is 12.6. The van der Waals surface area contributed by atoms with E-state index in [9.17, 15) is 0 Å². The molecule has 0 saturated carbocycles. The number of rotatable bonds is 13. The molecule has 0 radical (unpaired) electrons. The number of ether oxygens (including phenoxy) is 3. The zero-order chi connectivity index (χ0) is 19.3. The van der Waals surface area contributed by atoms with Crippen LogP contribution in [0.25, 0.3) is 0 Å². The van der Waals surface area contributed by atoms with Crippen molar-refractivity contribution in [2.45, 2.75) is 39.3 Å². The Hall–Kier alpha value is -1.75. The average molecular weight is 392 g/mol. The maximum Gasteiger partial charge on any atom is 0.166 e. The summed E-state index contributed by atoms with van der Waals surface area (Å²) in [6.45, 7) is 5.92. The molecule has 0 spiro atoms. The van der Waals surface area contributed by atoms with Crippen molar-refractivity contribution < 1.29 is 14.2 Å². The topological polar surface area (TPSA) is 39.7 Å². The zero-order valence-corrected chi connectivity index (χ0v) is 17.1. The highest BCUT2D eigenvalue weighted by Gasteiger charge is 2.10. The summed E-state index contributed by atoms with van der Waals surface area (Å²) in [7, 11) is 1.66. The van der Waals surface area contributed by atoms with Gasteiger partial charge in [-0.1, -0.05) is 49.2 Å². The minimum absolute atomic E-state index is 0.468. The van der Waals surface area contributed by atoms with Gasteiger partial charge in [-0.25, -0.2) is 0 Å². The van der Waals surface area contributed by atoms with Crippen molar-refractivity contribution in [3.63, 3.8) is 0 Å². The molecule has 1 N–H and O–H groups in total. The SMILES string of the molecule is CCCCOCCCNCc1cccc(OC)c1OCc1ccc(Cl)cc1. The summed E-state index contributed by atoms with van der Waals surface area (Å²) in [6, 6.07) is 13.6. The third kappa shape index (κ3) is 7.79. The molecule has 148 valence electrons. The third-order valence-electron chi connectivity index (χ3n) is 4.18. The molecule has 0 bridgehead atoms. The maximum atomic E-state index is 6.07. The number of halogens is 1. The molecule has 0 heterocycles. The monoisotopic (exact) mass is 391 g/mol. The summed E-state index contributed by atoms with van der Waals surface area (Å²) in [4.78, 5) is 0. The van der Waals surface area contributed by atoms with E-state index in [4.69, 9.17) is 25.8 Å². The fourth-order valence-corrected chi connectivity index (χ4v) is 2.76. The minimum atomic E-state index is 0.468. The first kappa shape index (κ1) is 21.5. The van der Waals surface area contributed by atoms with E-state index in [1.54, 1.807) is 7.11 Å². The summed E-state index contributed by atoms with van der Waals surface area (Å²) in [5, 5.41) is 4.18. The lowest BCUT2D eigenvalue weighted by atomic mass is 10.1. The Morgan fingerprint density at radius 2 is 1.78 bits per heavy atom. The summed E-state index contributed by atoms with van der Waals surface area (Å²) in [5.74, 6) is 1.52. The first-order valence-corrected chi connectivity index (χ1v) is 9.94. The first-order valence-electron chi connectivity index (χ1n) is 9.56. The lowest BCUT2D eigenvalue weighted by Gasteiger charge is -2.16. The molecule has 0 unspecified atom stereocenters. The van der Waals surface area contributed by atoms with Gasteiger partial charge in [0.05, 0.1) is 7.11 Å². The van der Waals surface area contributed by atoms with E-state index in [1.807, 2.05) is 36.4 Å². The van der Waals surface area contributed by atoms with E-state index in [1.165, 1.54) is 6.42 Å². The molecule has 2 rings (SSSR count). The van der Waals surface area contributed by atoms with Crippen LogP contribution in [0, 0.1) is 0 Å². The number of hydrogen-bond acceptors (Lipinski definition) is 4. The van der Waals surface area contributed by atoms with Crippen molar-refractivity contribution >= 4 is 11.6 Å². The van der Waals surface area contributed by atoms with Crippen LogP contribution in [0.5, 0.6) is 11.5 Å². The molecule has 2 aromatic rings. The third-order valence-corrected chi connectivity index (χ3v) is 4.43. The Morgan fingerprint density at radius 1 is 1.00 bits per heavy atom. The van der Waals surface area contributed by atoms with Crippen LogP contribution >= 0.6 is 11.6 Å². The van der Waals surface area contributed by atoms with Gasteiger partial charge in [0, 0.05) is 30.3 Å². The van der Waals surface area contributed by atoms with Gasteiger partial charge in [0.25, 0.3) is 0 Å². The molecule has 0 atom stereocenters. The Balaban J connectivity index is 1.85. The van der Waals surface area contributed by atoms with E-state index in [0.29, 0.717) is 6.61 Å². The van der Waals surface area contributed by atoms with Gasteiger partial charge in [-0.15, -0.1) is 0 Å². The number of nitrogens with one attached hydrogen (secondary N) is 1. The van der Waals surface area contributed by atoms with Crippen LogP contribution < -0.4 is 14.8 Å². The lowest BCUT2D eigenvalue weighted by molar-refractivity contribution is 0.128. The highest BCUT2D eigenvalue weighted by atomic mass is 35.5. The summed E-state index contributed by atoms with van der Waals surface area (Å²) in [5.41, 5.74) is 2.14. The molecule has 27 heavy (non-hydrogen) atoms. The molecule has 0 aromatic heterocycles. The number of benzene rings is 2. The minimum Gasteiger partial charge on any atom is -0.493 e. The summed E-state index contributed by atoms with van der Waals surface area (Å²) in [6.07, 6.45) is 3.30. The standard InChI is InChI=1S/C22H30ClNO3/c1-3-4-14-26-15-6-13-24-16-19-7-5-8-21(25-2)22(19)27-17-18-9-11-20(23)12-10-18/h5,7-12,24H,3-4,6,13-17H2,1-2H3. The van der Waals surface area contributed by atoms with Gasteiger partial charge in [-0.2, -0.15) is 0 Å². The van der Waals surface area contributed by atoms with Crippen LogP contribution in [0.2, 0.25) is 5.02 Å². The highest BCUT2D eigenvalue weighted by molar-refractivity contribution is 6.30. The van der Waals surface area contributed by atoms with Crippen LogP contribution in [0.15, 0.2) is 42.5 Å². The van der Waals surface area contributed by atoms with Gasteiger partial charge in [0.15, 0.2) is 11.5 Å². The van der Waals surface area contributed by atoms with E-state index < -0.39 is 0 Å². The number of unbranched alkanes of at least 4 members (excludes halogenated alkanes) is 1. The second-order valence-corrected chi connectivity index (χ2v) is 6.80. The molecule has 0 aliphatic rings. The van der Waals surface area contributed by atoms with Gasteiger partial charge < -0.3 is 19.5 Å². The normalized spacial score (nSPS) is 10.8. The Labute approximate surface area is 167 Å². The molecule has 2 aromatic carbocycles. The molecule has 0 amide bonds. The predicted molar refractivity (Wildman–Crippen MR) is 111 cm³/mol. The molecule has 0 aliphatic heterocycles. The van der Waals surface area contributed by atoms with Crippen LogP contribution in [-0.2, 0) is 17.9 Å². The van der Waals surface area contributed by atoms with Gasteiger partial charge in [0.2, 0.25) is 0 Å². The van der Waals surface area contributed by atoms with Crippen molar-refractivity contribution in [2.75, 3.05) is 26.9 Å². The maximum absolute atomic E-state index is 6.07. The van der Waals surface area contributed by atoms with Gasteiger partial charge in [-0.3, -0.25) is 0 Å². The van der Waals surface area contributed by atoms with Crippen LogP contribution in [0.3, 0.4) is 0 Å². The zero-order valence-electron chi connectivity index (χ0n) is 16.3. The molecule has 5 heteroatoms. The predicted octanol–water partition coefficient (Wildman–Crippen LogP) is 5.22. The Bertz CT molecular complexity index is 661. The number of methoxy groups -OCH3 is 1. The van der Waals surface area contributed by atoms with Gasteiger partial charge in [0.1, 0.15) is 6.61 Å². The van der Waals surface area contributed by atoms with Crippen LogP contribution in [0.4, 0.5) is 0 Å². The molecular formula is C22H30ClNO3. The fourth-order valence-electron chi connectivity index (χ4n) is 2.63. The fraction of sp³-hybridized carbons (Fsp3) is 0.455. The number of para-hydroxylation sites is 1. The molecule has 0 aliphatic carbocycles. The largest absolute Gasteiger partial charge is 0.493 e. The first-order chi connectivity index (χ1) is 13.2. The van der Waals surface area contributed by atoms with E-state index in [0.717, 1.165) is 66.8 Å². The molecule has 0 saturated heterocycles. The molecular weight excluding hydrogens is 362 g/mol. The van der Waals surface area contributed by atoms with E-state index in [2.05, 4.69) is 18.3 Å². The van der Waals surface area contributed by atoms with E-state index >= 15 is 0 Å². The van der Waals surface area contributed by atoms with E-state index in [-0.39, 0.29) is 0 Å². The Morgan fingerprint density at radius 3 is 2.52 bits per heavy atom. The van der Waals surface area contributed by atoms with Gasteiger partial charge >= 0.3 is 0 Å². The van der Waals surface area contributed by atoms with Crippen molar-refractivity contribution in [1.82, 2.24) is 5.32 Å². The molecule has 4 nitrogen and oxygen atoms in total. The van der Waals surface area contributed by atoms with Crippen LogP contribution in [-0.4, -0.2) is 26.9 Å². The average Bonchev–Trinajstić information content (AvgIpc) is 2.69. The van der Waals surface area contributed by atoms with Gasteiger partial charge in [-0.05, 0) is 43.1 Å². The summed E-state index contributed by atoms with van der Waals surface area (Å²) < 4.78 is 17.1. The second-order valence-electron chi connectivity index (χ2n) is 6.36. The van der Waals surface area contributed by atoms with Crippen molar-refractivity contribution in [3.05, 3.63) is 58.6 Å². The quantitative estimate of drug-likeness (QED) is 0.475. The highest BCUT2D eigenvalue weighted by Crippen LogP contribution is 2.31. The van der Waals surface area contributed by atoms with Crippen molar-refractivity contribution in [2.24, 2.45) is 0 Å². The van der Waals surface area contributed by atoms with Crippen LogP contribution in [0.1, 0.15) is 37.3 Å².